The van der Waals surface area contributed by atoms with E-state index >= 15 is 0 Å². The van der Waals surface area contributed by atoms with E-state index in [1.54, 1.807) is 4.68 Å². The molecule has 3 rings (SSSR count). The maximum Gasteiger partial charge on any atom is 0.272 e. The minimum atomic E-state index is -0.0799. The van der Waals surface area contributed by atoms with Crippen molar-refractivity contribution in [3.63, 3.8) is 0 Å². The normalized spacial score (nSPS) is 18.9. The summed E-state index contributed by atoms with van der Waals surface area (Å²) in [5, 5.41) is 11.5. The van der Waals surface area contributed by atoms with E-state index in [1.807, 2.05) is 31.3 Å². The van der Waals surface area contributed by atoms with E-state index in [-0.39, 0.29) is 5.91 Å². The van der Waals surface area contributed by atoms with Crippen LogP contribution in [0.5, 0.6) is 0 Å². The van der Waals surface area contributed by atoms with Crippen molar-refractivity contribution in [2.75, 3.05) is 19.6 Å². The van der Waals surface area contributed by atoms with Crippen molar-refractivity contribution in [3.8, 4) is 0 Å². The molecule has 0 aliphatic carbocycles. The summed E-state index contributed by atoms with van der Waals surface area (Å²) in [7, 11) is 1.86. The second-order valence-electron chi connectivity index (χ2n) is 5.06. The molecular formula is C14H18N4O. The summed E-state index contributed by atoms with van der Waals surface area (Å²) in [6, 6.07) is 7.80. The predicted octanol–water partition coefficient (Wildman–Crippen LogP) is 0.913. The molecule has 0 spiro atoms. The number of benzene rings is 1. The number of fused-ring (bicyclic) bond motifs is 1. The fourth-order valence-electron chi connectivity index (χ4n) is 2.59. The van der Waals surface area contributed by atoms with Crippen LogP contribution >= 0.6 is 0 Å². The fraction of sp³-hybridized carbons (Fsp3) is 0.429. The number of para-hydroxylation sites is 1. The Morgan fingerprint density at radius 2 is 2.37 bits per heavy atom. The predicted molar refractivity (Wildman–Crippen MR) is 74.0 cm³/mol. The first-order chi connectivity index (χ1) is 9.25. The summed E-state index contributed by atoms with van der Waals surface area (Å²) in [6.45, 7) is 2.76. The van der Waals surface area contributed by atoms with E-state index in [4.69, 9.17) is 0 Å². The Labute approximate surface area is 112 Å². The van der Waals surface area contributed by atoms with Gasteiger partial charge < -0.3 is 10.6 Å². The van der Waals surface area contributed by atoms with Crippen molar-refractivity contribution in [1.82, 2.24) is 20.4 Å². The highest BCUT2D eigenvalue weighted by atomic mass is 16.1. The quantitative estimate of drug-likeness (QED) is 0.860. The molecule has 1 aliphatic heterocycles. The van der Waals surface area contributed by atoms with Gasteiger partial charge in [-0.25, -0.2) is 0 Å². The summed E-state index contributed by atoms with van der Waals surface area (Å²) < 4.78 is 1.75. The van der Waals surface area contributed by atoms with Crippen LogP contribution in [-0.4, -0.2) is 35.3 Å². The van der Waals surface area contributed by atoms with Crippen LogP contribution in [0.3, 0.4) is 0 Å². The lowest BCUT2D eigenvalue weighted by molar-refractivity contribution is 0.0944. The lowest BCUT2D eigenvalue weighted by atomic mass is 10.1. The van der Waals surface area contributed by atoms with E-state index in [0.717, 1.165) is 37.0 Å². The van der Waals surface area contributed by atoms with Crippen molar-refractivity contribution in [1.29, 1.82) is 0 Å². The molecule has 0 saturated carbocycles. The third-order valence-corrected chi connectivity index (χ3v) is 3.69. The van der Waals surface area contributed by atoms with Gasteiger partial charge >= 0.3 is 0 Å². The van der Waals surface area contributed by atoms with Crippen LogP contribution in [0, 0.1) is 5.92 Å². The molecule has 1 fully saturated rings. The number of hydrogen-bond acceptors (Lipinski definition) is 3. The number of aryl methyl sites for hydroxylation is 1. The van der Waals surface area contributed by atoms with Crippen LogP contribution in [0.2, 0.25) is 0 Å². The van der Waals surface area contributed by atoms with Crippen LogP contribution < -0.4 is 10.6 Å². The Bertz CT molecular complexity index is 599. The average Bonchev–Trinajstić information content (AvgIpc) is 3.05. The largest absolute Gasteiger partial charge is 0.350 e. The number of nitrogens with zero attached hydrogens (tertiary/aromatic N) is 2. The molecule has 2 aromatic rings. The second-order valence-corrected chi connectivity index (χ2v) is 5.06. The van der Waals surface area contributed by atoms with Crippen molar-refractivity contribution >= 4 is 16.8 Å². The van der Waals surface area contributed by atoms with Crippen molar-refractivity contribution in [3.05, 3.63) is 30.0 Å². The molecule has 1 aromatic heterocycles. The molecule has 1 amide bonds. The molecule has 1 unspecified atom stereocenters. The molecule has 1 atom stereocenters. The molecule has 2 heterocycles. The van der Waals surface area contributed by atoms with Crippen molar-refractivity contribution in [2.45, 2.75) is 6.42 Å². The highest BCUT2D eigenvalue weighted by Crippen LogP contribution is 2.17. The van der Waals surface area contributed by atoms with E-state index in [9.17, 15) is 4.79 Å². The zero-order chi connectivity index (χ0) is 13.2. The highest BCUT2D eigenvalue weighted by molar-refractivity contribution is 6.04. The second kappa shape index (κ2) is 5.01. The van der Waals surface area contributed by atoms with Gasteiger partial charge in [0.05, 0.1) is 5.52 Å². The number of carbonyl (C=O) groups is 1. The summed E-state index contributed by atoms with van der Waals surface area (Å²) in [5.74, 6) is 0.461. The third-order valence-electron chi connectivity index (χ3n) is 3.69. The lowest BCUT2D eigenvalue weighted by Crippen LogP contribution is -2.30. The Balaban J connectivity index is 1.77. The van der Waals surface area contributed by atoms with Gasteiger partial charge in [0.2, 0.25) is 0 Å². The average molecular weight is 258 g/mol. The van der Waals surface area contributed by atoms with E-state index in [0.29, 0.717) is 11.6 Å². The van der Waals surface area contributed by atoms with Gasteiger partial charge in [-0.3, -0.25) is 9.48 Å². The van der Waals surface area contributed by atoms with Gasteiger partial charge in [-0.2, -0.15) is 5.10 Å². The first kappa shape index (κ1) is 12.2. The third kappa shape index (κ3) is 2.33. The molecule has 2 N–H and O–H groups in total. The van der Waals surface area contributed by atoms with Gasteiger partial charge in [-0.1, -0.05) is 18.2 Å². The number of carbonyl (C=O) groups excluding carboxylic acids is 1. The molecule has 19 heavy (non-hydrogen) atoms. The van der Waals surface area contributed by atoms with Gasteiger partial charge in [0.15, 0.2) is 5.69 Å². The van der Waals surface area contributed by atoms with Crippen LogP contribution in [0.25, 0.3) is 10.9 Å². The summed E-state index contributed by atoms with van der Waals surface area (Å²) in [6.07, 6.45) is 1.13. The standard InChI is InChI=1S/C14H18N4O/c1-18-12-5-3-2-4-11(12)13(17-18)14(19)16-9-10-6-7-15-8-10/h2-5,10,15H,6-9H2,1H3,(H,16,19). The van der Waals surface area contributed by atoms with Crippen molar-refractivity contribution < 1.29 is 4.79 Å². The summed E-state index contributed by atoms with van der Waals surface area (Å²) in [4.78, 5) is 12.2. The van der Waals surface area contributed by atoms with Crippen LogP contribution in [0.15, 0.2) is 24.3 Å². The topological polar surface area (TPSA) is 59.0 Å². The van der Waals surface area contributed by atoms with Gasteiger partial charge in [-0.05, 0) is 31.5 Å². The molecule has 0 radical (unpaired) electrons. The number of hydrogen-bond donors (Lipinski definition) is 2. The molecular weight excluding hydrogens is 240 g/mol. The Hall–Kier alpha value is -1.88. The lowest BCUT2D eigenvalue weighted by Gasteiger charge is -2.08. The first-order valence-corrected chi connectivity index (χ1v) is 6.66. The molecule has 1 aliphatic rings. The van der Waals surface area contributed by atoms with Gasteiger partial charge in [0.1, 0.15) is 0 Å². The first-order valence-electron chi connectivity index (χ1n) is 6.66. The monoisotopic (exact) mass is 258 g/mol. The van der Waals surface area contributed by atoms with Crippen molar-refractivity contribution in [2.24, 2.45) is 13.0 Å². The Kier molecular flexibility index (Phi) is 3.21. The molecule has 1 saturated heterocycles. The van der Waals surface area contributed by atoms with Crippen LogP contribution in [0.4, 0.5) is 0 Å². The highest BCUT2D eigenvalue weighted by Gasteiger charge is 2.18. The van der Waals surface area contributed by atoms with Gasteiger partial charge in [-0.15, -0.1) is 0 Å². The molecule has 0 bridgehead atoms. The molecule has 100 valence electrons. The molecule has 1 aromatic carbocycles. The summed E-state index contributed by atoms with van der Waals surface area (Å²) >= 11 is 0. The zero-order valence-corrected chi connectivity index (χ0v) is 11.0. The van der Waals surface area contributed by atoms with Crippen LogP contribution in [-0.2, 0) is 7.05 Å². The maximum atomic E-state index is 12.2. The Morgan fingerprint density at radius 3 is 3.16 bits per heavy atom. The van der Waals surface area contributed by atoms with E-state index < -0.39 is 0 Å². The van der Waals surface area contributed by atoms with E-state index in [2.05, 4.69) is 15.7 Å². The maximum absolute atomic E-state index is 12.2. The number of nitrogens with one attached hydrogen (secondary N) is 2. The SMILES string of the molecule is Cn1nc(C(=O)NCC2CCNC2)c2ccccc21. The number of aromatic nitrogens is 2. The summed E-state index contributed by atoms with van der Waals surface area (Å²) in [5.41, 5.74) is 1.50. The number of rotatable bonds is 3. The van der Waals surface area contributed by atoms with Gasteiger partial charge in [0.25, 0.3) is 5.91 Å². The fourth-order valence-corrected chi connectivity index (χ4v) is 2.59. The number of amides is 1. The molecule has 5 nitrogen and oxygen atoms in total. The minimum absolute atomic E-state index is 0.0799. The molecule has 5 heteroatoms. The minimum Gasteiger partial charge on any atom is -0.350 e. The smallest absolute Gasteiger partial charge is 0.272 e. The van der Waals surface area contributed by atoms with Crippen LogP contribution in [0.1, 0.15) is 16.9 Å². The van der Waals surface area contributed by atoms with E-state index in [1.165, 1.54) is 0 Å². The van der Waals surface area contributed by atoms with Gasteiger partial charge in [0, 0.05) is 19.0 Å². The zero-order valence-electron chi connectivity index (χ0n) is 11.0. The Morgan fingerprint density at radius 1 is 1.53 bits per heavy atom.